The highest BCUT2D eigenvalue weighted by molar-refractivity contribution is 7.91. The Labute approximate surface area is 121 Å². The molecule has 0 amide bonds. The molecule has 0 saturated carbocycles. The lowest BCUT2D eigenvalue weighted by atomic mass is 10.2. The predicted octanol–water partition coefficient (Wildman–Crippen LogP) is 2.96. The second-order valence-corrected chi connectivity index (χ2v) is 6.36. The van der Waals surface area contributed by atoms with E-state index in [9.17, 15) is 13.2 Å². The highest BCUT2D eigenvalue weighted by Crippen LogP contribution is 2.23. The normalized spacial score (nSPS) is 11.1. The Balaban J connectivity index is 2.42. The summed E-state index contributed by atoms with van der Waals surface area (Å²) in [5, 5.41) is 0.345. The fourth-order valence-electron chi connectivity index (χ4n) is 1.66. The van der Waals surface area contributed by atoms with Crippen molar-refractivity contribution < 1.29 is 17.9 Å². The van der Waals surface area contributed by atoms with Gasteiger partial charge in [0.25, 0.3) is 0 Å². The zero-order chi connectivity index (χ0) is 14.8. The van der Waals surface area contributed by atoms with E-state index in [0.29, 0.717) is 5.02 Å². The largest absolute Gasteiger partial charge is 0.465 e. The highest BCUT2D eigenvalue weighted by Gasteiger charge is 2.18. The molecule has 0 spiro atoms. The summed E-state index contributed by atoms with van der Waals surface area (Å²) < 4.78 is 29.3. The molecule has 0 aliphatic heterocycles. The van der Waals surface area contributed by atoms with Crippen molar-refractivity contribution in [3.63, 3.8) is 0 Å². The Morgan fingerprint density at radius 1 is 1.05 bits per heavy atom. The van der Waals surface area contributed by atoms with Gasteiger partial charge in [0.05, 0.1) is 22.5 Å². The lowest BCUT2D eigenvalue weighted by Crippen LogP contribution is -2.04. The van der Waals surface area contributed by atoms with Crippen LogP contribution in [-0.2, 0) is 14.6 Å². The van der Waals surface area contributed by atoms with E-state index < -0.39 is 15.8 Å². The van der Waals surface area contributed by atoms with Crippen LogP contribution >= 0.6 is 11.6 Å². The Morgan fingerprint density at radius 2 is 1.70 bits per heavy atom. The van der Waals surface area contributed by atoms with Gasteiger partial charge in [0.2, 0.25) is 9.84 Å². The summed E-state index contributed by atoms with van der Waals surface area (Å²) in [7, 11) is -2.38. The van der Waals surface area contributed by atoms with Gasteiger partial charge in [-0.15, -0.1) is 0 Å². The van der Waals surface area contributed by atoms with Gasteiger partial charge in [0.15, 0.2) is 0 Å². The first-order chi connectivity index (χ1) is 9.45. The van der Waals surface area contributed by atoms with Crippen LogP contribution in [0.1, 0.15) is 10.4 Å². The van der Waals surface area contributed by atoms with Gasteiger partial charge >= 0.3 is 5.97 Å². The average Bonchev–Trinajstić information content (AvgIpc) is 2.46. The van der Waals surface area contributed by atoms with Gasteiger partial charge in [-0.3, -0.25) is 0 Å². The topological polar surface area (TPSA) is 60.4 Å². The molecule has 2 aromatic rings. The number of methoxy groups -OCH3 is 1. The molecule has 20 heavy (non-hydrogen) atoms. The molecule has 0 saturated heterocycles. The summed E-state index contributed by atoms with van der Waals surface area (Å²) in [6.45, 7) is 0. The van der Waals surface area contributed by atoms with Crippen LogP contribution in [0.15, 0.2) is 58.3 Å². The van der Waals surface area contributed by atoms with E-state index in [2.05, 4.69) is 4.74 Å². The third-order valence-corrected chi connectivity index (χ3v) is 4.69. The van der Waals surface area contributed by atoms with Crippen molar-refractivity contribution in [1.29, 1.82) is 0 Å². The molecule has 0 aromatic heterocycles. The number of ether oxygens (including phenoxy) is 1. The van der Waals surface area contributed by atoms with Crippen LogP contribution in [-0.4, -0.2) is 21.5 Å². The molecule has 0 aliphatic carbocycles. The van der Waals surface area contributed by atoms with E-state index in [1.54, 1.807) is 12.1 Å². The second kappa shape index (κ2) is 5.64. The van der Waals surface area contributed by atoms with Crippen molar-refractivity contribution in [2.45, 2.75) is 9.79 Å². The summed E-state index contributed by atoms with van der Waals surface area (Å²) >= 11 is 5.80. The maximum atomic E-state index is 12.4. The molecule has 0 bridgehead atoms. The minimum absolute atomic E-state index is 0.0902. The van der Waals surface area contributed by atoms with Crippen LogP contribution in [0.5, 0.6) is 0 Å². The maximum absolute atomic E-state index is 12.4. The molecule has 0 heterocycles. The number of benzene rings is 2. The van der Waals surface area contributed by atoms with Gasteiger partial charge in [0.1, 0.15) is 0 Å². The zero-order valence-electron chi connectivity index (χ0n) is 10.5. The molecule has 0 atom stereocenters. The molecular formula is C14H11ClO4S. The molecule has 0 fully saturated rings. The predicted molar refractivity (Wildman–Crippen MR) is 74.7 cm³/mol. The standard InChI is InChI=1S/C14H11ClO4S/c1-19-14(16)10-5-7-12(8-6-10)20(17,18)13-4-2-3-11(15)9-13/h2-9H,1H3. The summed E-state index contributed by atoms with van der Waals surface area (Å²) in [5.74, 6) is -0.517. The minimum Gasteiger partial charge on any atom is -0.465 e. The second-order valence-electron chi connectivity index (χ2n) is 3.98. The Bertz CT molecular complexity index is 736. The molecular weight excluding hydrogens is 300 g/mol. The van der Waals surface area contributed by atoms with Gasteiger partial charge in [0, 0.05) is 5.02 Å². The average molecular weight is 311 g/mol. The molecule has 0 aliphatic rings. The van der Waals surface area contributed by atoms with Crippen molar-refractivity contribution in [3.05, 3.63) is 59.1 Å². The number of carbonyl (C=O) groups excluding carboxylic acids is 1. The quantitative estimate of drug-likeness (QED) is 0.818. The smallest absolute Gasteiger partial charge is 0.337 e. The molecule has 0 radical (unpaired) electrons. The first kappa shape index (κ1) is 14.6. The summed E-state index contributed by atoms with van der Waals surface area (Å²) in [5.41, 5.74) is 0.289. The SMILES string of the molecule is COC(=O)c1ccc(S(=O)(=O)c2cccc(Cl)c2)cc1. The van der Waals surface area contributed by atoms with Gasteiger partial charge in [-0.1, -0.05) is 17.7 Å². The van der Waals surface area contributed by atoms with Crippen LogP contribution in [0, 0.1) is 0 Å². The van der Waals surface area contributed by atoms with Gasteiger partial charge in [-0.2, -0.15) is 0 Å². The number of sulfone groups is 1. The van der Waals surface area contributed by atoms with Crippen LogP contribution in [0.25, 0.3) is 0 Å². The number of hydrogen-bond acceptors (Lipinski definition) is 4. The van der Waals surface area contributed by atoms with Gasteiger partial charge in [-0.25, -0.2) is 13.2 Å². The molecule has 6 heteroatoms. The van der Waals surface area contributed by atoms with Gasteiger partial charge in [-0.05, 0) is 42.5 Å². The lowest BCUT2D eigenvalue weighted by Gasteiger charge is -2.06. The monoisotopic (exact) mass is 310 g/mol. The van der Waals surface area contributed by atoms with Crippen LogP contribution in [0.2, 0.25) is 5.02 Å². The van der Waals surface area contributed by atoms with E-state index in [1.165, 1.54) is 43.5 Å². The molecule has 2 aromatic carbocycles. The number of rotatable bonds is 3. The van der Waals surface area contributed by atoms with E-state index >= 15 is 0 Å². The third kappa shape index (κ3) is 2.84. The van der Waals surface area contributed by atoms with Crippen LogP contribution in [0.3, 0.4) is 0 Å². The summed E-state index contributed by atoms with van der Waals surface area (Å²) in [6, 6.07) is 11.6. The number of carbonyl (C=O) groups is 1. The fourth-order valence-corrected chi connectivity index (χ4v) is 3.22. The Morgan fingerprint density at radius 3 is 2.25 bits per heavy atom. The van der Waals surface area contributed by atoms with Crippen molar-refractivity contribution in [3.8, 4) is 0 Å². The maximum Gasteiger partial charge on any atom is 0.337 e. The number of halogens is 1. The van der Waals surface area contributed by atoms with Crippen LogP contribution < -0.4 is 0 Å². The summed E-state index contributed by atoms with van der Waals surface area (Å²) in [6.07, 6.45) is 0. The number of esters is 1. The van der Waals surface area contributed by atoms with E-state index in [-0.39, 0.29) is 15.4 Å². The summed E-state index contributed by atoms with van der Waals surface area (Å²) in [4.78, 5) is 11.5. The van der Waals surface area contributed by atoms with Crippen molar-refractivity contribution >= 4 is 27.4 Å². The molecule has 4 nitrogen and oxygen atoms in total. The molecule has 104 valence electrons. The van der Waals surface area contributed by atoms with Crippen LogP contribution in [0.4, 0.5) is 0 Å². The Hall–Kier alpha value is -1.85. The fraction of sp³-hybridized carbons (Fsp3) is 0.0714. The Kier molecular flexibility index (Phi) is 4.11. The third-order valence-electron chi connectivity index (χ3n) is 2.69. The first-order valence-corrected chi connectivity index (χ1v) is 7.50. The van der Waals surface area contributed by atoms with Crippen molar-refractivity contribution in [2.24, 2.45) is 0 Å². The molecule has 0 N–H and O–H groups in total. The van der Waals surface area contributed by atoms with Gasteiger partial charge < -0.3 is 4.74 Å². The van der Waals surface area contributed by atoms with E-state index in [1.807, 2.05) is 0 Å². The van der Waals surface area contributed by atoms with Crippen molar-refractivity contribution in [2.75, 3.05) is 7.11 Å². The first-order valence-electron chi connectivity index (χ1n) is 5.64. The molecule has 0 unspecified atom stereocenters. The van der Waals surface area contributed by atoms with Crippen molar-refractivity contribution in [1.82, 2.24) is 0 Å². The van der Waals surface area contributed by atoms with E-state index in [4.69, 9.17) is 11.6 Å². The lowest BCUT2D eigenvalue weighted by molar-refractivity contribution is 0.0600. The highest BCUT2D eigenvalue weighted by atomic mass is 35.5. The minimum atomic E-state index is -3.65. The number of hydrogen-bond donors (Lipinski definition) is 0. The molecule has 2 rings (SSSR count). The van der Waals surface area contributed by atoms with E-state index in [0.717, 1.165) is 0 Å². The zero-order valence-corrected chi connectivity index (χ0v) is 12.1.